The third-order valence-corrected chi connectivity index (χ3v) is 6.02. The van der Waals surface area contributed by atoms with Gasteiger partial charge in [-0.2, -0.15) is 0 Å². The number of rotatable bonds is 9. The second kappa shape index (κ2) is 13.1. The van der Waals surface area contributed by atoms with Gasteiger partial charge in [0.25, 0.3) is 5.91 Å². The molecule has 3 amide bonds. The lowest BCUT2D eigenvalue weighted by Gasteiger charge is -2.22. The van der Waals surface area contributed by atoms with Crippen LogP contribution in [-0.2, 0) is 20.9 Å². The first-order valence-electron chi connectivity index (χ1n) is 12.9. The molecule has 0 aliphatic rings. The predicted molar refractivity (Wildman–Crippen MR) is 152 cm³/mol. The van der Waals surface area contributed by atoms with Gasteiger partial charge in [-0.05, 0) is 75.6 Å². The molecule has 9 nitrogen and oxygen atoms in total. The largest absolute Gasteiger partial charge is 0.457 e. The molecule has 216 valence electrons. The lowest BCUT2D eigenvalue weighted by Crippen LogP contribution is -2.37. The second-order valence-corrected chi connectivity index (χ2v) is 10.6. The number of ether oxygens (including phenoxy) is 2. The lowest BCUT2D eigenvalue weighted by molar-refractivity contribution is -0.117. The average Bonchev–Trinajstić information content (AvgIpc) is 2.87. The fourth-order valence-corrected chi connectivity index (χ4v) is 4.00. The fraction of sp³-hybridized carbons (Fsp3) is 0.290. The van der Waals surface area contributed by atoms with Crippen molar-refractivity contribution in [3.63, 3.8) is 0 Å². The van der Waals surface area contributed by atoms with Crippen LogP contribution in [0.15, 0.2) is 60.7 Å². The van der Waals surface area contributed by atoms with Crippen LogP contribution in [0.25, 0.3) is 0 Å². The van der Waals surface area contributed by atoms with E-state index in [1.807, 2.05) is 26.0 Å². The molecule has 10 heteroatoms. The topological polar surface area (TPSA) is 137 Å². The summed E-state index contributed by atoms with van der Waals surface area (Å²) in [5.41, 5.74) is 7.79. The van der Waals surface area contributed by atoms with Crippen LogP contribution in [0.5, 0.6) is 0 Å². The smallest absolute Gasteiger partial charge is 0.407 e. The molecule has 1 atom stereocenters. The highest BCUT2D eigenvalue weighted by Crippen LogP contribution is 2.22. The number of carbonyl (C=O) groups excluding carboxylic acids is 4. The lowest BCUT2D eigenvalue weighted by atomic mass is 9.96. The summed E-state index contributed by atoms with van der Waals surface area (Å²) in [6.45, 7) is 8.83. The van der Waals surface area contributed by atoms with Gasteiger partial charge in [0, 0.05) is 12.2 Å². The first-order valence-corrected chi connectivity index (χ1v) is 12.9. The first kappa shape index (κ1) is 30.8. The summed E-state index contributed by atoms with van der Waals surface area (Å²) in [7, 11) is 0. The molecule has 0 radical (unpaired) electrons. The number of amides is 3. The van der Waals surface area contributed by atoms with Crippen molar-refractivity contribution in [1.82, 2.24) is 5.32 Å². The summed E-state index contributed by atoms with van der Waals surface area (Å²) >= 11 is 0. The fourth-order valence-electron chi connectivity index (χ4n) is 4.00. The number of alkyl carbamates (subject to hydrolysis) is 1. The molecule has 1 unspecified atom stereocenters. The molecular weight excluding hydrogens is 529 g/mol. The van der Waals surface area contributed by atoms with E-state index in [9.17, 15) is 23.6 Å². The minimum absolute atomic E-state index is 0.0188. The Bertz CT molecular complexity index is 1450. The van der Waals surface area contributed by atoms with Gasteiger partial charge < -0.3 is 25.8 Å². The van der Waals surface area contributed by atoms with Crippen LogP contribution < -0.4 is 16.4 Å². The predicted octanol–water partition coefficient (Wildman–Crippen LogP) is 5.15. The third-order valence-electron chi connectivity index (χ3n) is 6.02. The third kappa shape index (κ3) is 8.89. The van der Waals surface area contributed by atoms with Gasteiger partial charge in [-0.1, -0.05) is 42.0 Å². The van der Waals surface area contributed by atoms with Crippen LogP contribution in [0.2, 0.25) is 0 Å². The number of aryl methyl sites for hydroxylation is 2. The molecule has 3 rings (SSSR count). The molecule has 3 aromatic rings. The maximum absolute atomic E-state index is 14.2. The van der Waals surface area contributed by atoms with E-state index in [-0.39, 0.29) is 24.4 Å². The van der Waals surface area contributed by atoms with Crippen molar-refractivity contribution in [2.75, 3.05) is 11.9 Å². The summed E-state index contributed by atoms with van der Waals surface area (Å²) in [5.74, 6) is -3.69. The van der Waals surface area contributed by atoms with Crippen molar-refractivity contribution in [3.8, 4) is 0 Å². The molecule has 0 saturated carbocycles. The normalized spacial score (nSPS) is 11.8. The summed E-state index contributed by atoms with van der Waals surface area (Å²) < 4.78 is 25.0. The van der Waals surface area contributed by atoms with E-state index in [2.05, 4.69) is 10.6 Å². The highest BCUT2D eigenvalue weighted by molar-refractivity contribution is 5.98. The minimum Gasteiger partial charge on any atom is -0.457 e. The number of primary amides is 1. The number of benzene rings is 3. The van der Waals surface area contributed by atoms with Crippen molar-refractivity contribution in [1.29, 1.82) is 0 Å². The molecule has 0 aliphatic heterocycles. The Morgan fingerprint density at radius 1 is 0.927 bits per heavy atom. The Kier molecular flexibility index (Phi) is 9.83. The Hall–Kier alpha value is -4.73. The minimum atomic E-state index is -0.931. The van der Waals surface area contributed by atoms with Gasteiger partial charge >= 0.3 is 12.1 Å². The maximum Gasteiger partial charge on any atom is 0.407 e. The SMILES string of the molecule is Cc1ccc(C(=O)OCc2ccc(C(CNC(=O)OC(C)(C)C)C(=O)Nc3ccc(C(N)=O)c(F)c3)cc2)c(C)c1. The molecule has 3 aromatic carbocycles. The molecule has 0 heterocycles. The number of carbonyl (C=O) groups is 4. The number of nitrogens with one attached hydrogen (secondary N) is 2. The van der Waals surface area contributed by atoms with Crippen LogP contribution in [0.1, 0.15) is 69.7 Å². The van der Waals surface area contributed by atoms with Crippen molar-refractivity contribution in [3.05, 3.63) is 99.9 Å². The van der Waals surface area contributed by atoms with Gasteiger partial charge in [0.05, 0.1) is 17.0 Å². The molecule has 0 aliphatic carbocycles. The number of halogens is 1. The summed E-state index contributed by atoms with van der Waals surface area (Å²) in [6, 6.07) is 15.8. The van der Waals surface area contributed by atoms with Gasteiger partial charge in [-0.3, -0.25) is 9.59 Å². The monoisotopic (exact) mass is 563 g/mol. The van der Waals surface area contributed by atoms with Crippen LogP contribution in [-0.4, -0.2) is 36.0 Å². The quantitative estimate of drug-likeness (QED) is 0.308. The molecule has 0 aromatic heterocycles. The first-order chi connectivity index (χ1) is 19.2. The molecule has 0 bridgehead atoms. The van der Waals surface area contributed by atoms with Gasteiger partial charge in [0.2, 0.25) is 5.91 Å². The van der Waals surface area contributed by atoms with Gasteiger partial charge in [-0.15, -0.1) is 0 Å². The van der Waals surface area contributed by atoms with Crippen molar-refractivity contribution in [2.24, 2.45) is 5.73 Å². The van der Waals surface area contributed by atoms with Crippen LogP contribution >= 0.6 is 0 Å². The van der Waals surface area contributed by atoms with Crippen molar-refractivity contribution < 1.29 is 33.0 Å². The number of hydrogen-bond donors (Lipinski definition) is 3. The van der Waals surface area contributed by atoms with Crippen LogP contribution in [0.4, 0.5) is 14.9 Å². The van der Waals surface area contributed by atoms with E-state index >= 15 is 0 Å². The van der Waals surface area contributed by atoms with E-state index < -0.39 is 41.2 Å². The van der Waals surface area contributed by atoms with Gasteiger partial charge in [0.15, 0.2) is 0 Å². The van der Waals surface area contributed by atoms with Gasteiger partial charge in [-0.25, -0.2) is 14.0 Å². The number of nitrogens with two attached hydrogens (primary N) is 1. The summed E-state index contributed by atoms with van der Waals surface area (Å²) in [5, 5.41) is 5.20. The zero-order valence-electron chi connectivity index (χ0n) is 23.7. The molecule has 41 heavy (non-hydrogen) atoms. The van der Waals surface area contributed by atoms with Crippen LogP contribution in [0, 0.1) is 19.7 Å². The zero-order chi connectivity index (χ0) is 30.3. The molecule has 0 spiro atoms. The standard InChI is InChI=1S/C31H34FN3O6/c1-18-6-12-23(19(2)14-18)29(38)40-17-20-7-9-21(10-8-20)25(16-34-30(39)41-31(3,4)5)28(37)35-22-11-13-24(27(33)36)26(32)15-22/h6-15,25H,16-17H2,1-5H3,(H2,33,36)(H,34,39)(H,35,37). The van der Waals surface area contributed by atoms with E-state index in [1.54, 1.807) is 51.1 Å². The number of esters is 1. The molecule has 4 N–H and O–H groups in total. The Labute approximate surface area is 238 Å². The van der Waals surface area contributed by atoms with Crippen LogP contribution in [0.3, 0.4) is 0 Å². The summed E-state index contributed by atoms with van der Waals surface area (Å²) in [6.07, 6.45) is -0.706. The highest BCUT2D eigenvalue weighted by atomic mass is 19.1. The zero-order valence-corrected chi connectivity index (χ0v) is 23.7. The molecule has 0 saturated heterocycles. The highest BCUT2D eigenvalue weighted by Gasteiger charge is 2.24. The molecular formula is C31H34FN3O6. The molecule has 0 fully saturated rings. The average molecular weight is 564 g/mol. The number of anilines is 1. The Morgan fingerprint density at radius 3 is 2.17 bits per heavy atom. The van der Waals surface area contributed by atoms with Crippen molar-refractivity contribution >= 4 is 29.6 Å². The van der Waals surface area contributed by atoms with E-state index in [0.29, 0.717) is 16.7 Å². The Balaban J connectivity index is 1.75. The van der Waals surface area contributed by atoms with Crippen molar-refractivity contribution in [2.45, 2.75) is 52.7 Å². The Morgan fingerprint density at radius 2 is 1.59 bits per heavy atom. The van der Waals surface area contributed by atoms with E-state index in [4.69, 9.17) is 15.2 Å². The van der Waals surface area contributed by atoms with Gasteiger partial charge in [0.1, 0.15) is 18.0 Å². The van der Waals surface area contributed by atoms with E-state index in [0.717, 1.165) is 17.2 Å². The maximum atomic E-state index is 14.2. The summed E-state index contributed by atoms with van der Waals surface area (Å²) in [4.78, 5) is 49.4. The number of hydrogen-bond acceptors (Lipinski definition) is 6. The second-order valence-electron chi connectivity index (χ2n) is 10.6. The van der Waals surface area contributed by atoms with E-state index in [1.165, 1.54) is 12.1 Å².